The van der Waals surface area contributed by atoms with E-state index in [1.807, 2.05) is 0 Å². The van der Waals surface area contributed by atoms with Crippen molar-refractivity contribution in [3.8, 4) is 0 Å². The molecule has 0 bridgehead atoms. The van der Waals surface area contributed by atoms with E-state index in [0.29, 0.717) is 13.1 Å². The first-order valence-corrected chi connectivity index (χ1v) is 8.85. The van der Waals surface area contributed by atoms with Gasteiger partial charge in [-0.3, -0.25) is 14.5 Å². The molecule has 0 radical (unpaired) electrons. The first kappa shape index (κ1) is 23.0. The first-order chi connectivity index (χ1) is 11.8. The largest absolute Gasteiger partial charge is 0.405 e. The molecule has 2 fully saturated rings. The van der Waals surface area contributed by atoms with E-state index in [1.165, 1.54) is 11.8 Å². The molecule has 1 heterocycles. The SMILES string of the molecule is CC(=O)NC(C(=O)NCC(N1CCNCC1)C(F)(F)F)C1CCCC1.Cl. The number of carbonyl (C=O) groups is 2. The number of rotatable bonds is 6. The van der Waals surface area contributed by atoms with Crippen LogP contribution in [-0.2, 0) is 9.59 Å². The van der Waals surface area contributed by atoms with Gasteiger partial charge in [0, 0.05) is 39.6 Å². The Morgan fingerprint density at radius 2 is 1.77 bits per heavy atom. The van der Waals surface area contributed by atoms with Crippen LogP contribution in [0.3, 0.4) is 0 Å². The number of carbonyl (C=O) groups excluding carboxylic acids is 2. The van der Waals surface area contributed by atoms with E-state index in [-0.39, 0.29) is 37.3 Å². The fourth-order valence-electron chi connectivity index (χ4n) is 3.66. The van der Waals surface area contributed by atoms with E-state index in [0.717, 1.165) is 25.7 Å². The molecular weight excluding hydrogens is 373 g/mol. The lowest BCUT2D eigenvalue weighted by atomic mass is 9.97. The molecule has 1 aliphatic carbocycles. The smallest absolute Gasteiger partial charge is 0.352 e. The molecule has 1 aliphatic heterocycles. The number of piperazine rings is 1. The second-order valence-corrected chi connectivity index (χ2v) is 6.81. The maximum atomic E-state index is 13.4. The summed E-state index contributed by atoms with van der Waals surface area (Å²) < 4.78 is 40.2. The van der Waals surface area contributed by atoms with E-state index >= 15 is 0 Å². The molecule has 0 aromatic heterocycles. The van der Waals surface area contributed by atoms with Crippen LogP contribution in [0.25, 0.3) is 0 Å². The maximum Gasteiger partial charge on any atom is 0.405 e. The molecule has 0 aromatic rings. The highest BCUT2D eigenvalue weighted by molar-refractivity contribution is 5.87. The van der Waals surface area contributed by atoms with Crippen LogP contribution < -0.4 is 16.0 Å². The Bertz CT molecular complexity index is 467. The fraction of sp³-hybridized carbons (Fsp3) is 0.875. The summed E-state index contributed by atoms with van der Waals surface area (Å²) in [7, 11) is 0. The zero-order valence-electron chi connectivity index (χ0n) is 14.9. The van der Waals surface area contributed by atoms with Gasteiger partial charge < -0.3 is 16.0 Å². The van der Waals surface area contributed by atoms with Crippen LogP contribution >= 0.6 is 12.4 Å². The number of hydrogen-bond donors (Lipinski definition) is 3. The third-order valence-electron chi connectivity index (χ3n) is 4.95. The van der Waals surface area contributed by atoms with Crippen LogP contribution in [0.5, 0.6) is 0 Å². The molecule has 26 heavy (non-hydrogen) atoms. The van der Waals surface area contributed by atoms with E-state index in [2.05, 4.69) is 16.0 Å². The molecule has 152 valence electrons. The summed E-state index contributed by atoms with van der Waals surface area (Å²) in [6.45, 7) is 2.39. The average molecular weight is 401 g/mol. The highest BCUT2D eigenvalue weighted by atomic mass is 35.5. The standard InChI is InChI=1S/C16H27F3N4O2.ClH/c1-11(24)22-14(12-4-2-3-5-12)15(25)21-10-13(16(17,18)19)23-8-6-20-7-9-23;/h12-14,20H,2-10H2,1H3,(H,21,25)(H,22,24);1H. The first-order valence-electron chi connectivity index (χ1n) is 8.85. The van der Waals surface area contributed by atoms with Gasteiger partial charge in [-0.05, 0) is 18.8 Å². The quantitative estimate of drug-likeness (QED) is 0.623. The van der Waals surface area contributed by atoms with Crippen molar-refractivity contribution in [3.63, 3.8) is 0 Å². The molecule has 2 rings (SSSR count). The molecule has 0 aromatic carbocycles. The average Bonchev–Trinajstić information content (AvgIpc) is 3.06. The van der Waals surface area contributed by atoms with Crippen molar-refractivity contribution in [1.82, 2.24) is 20.9 Å². The van der Waals surface area contributed by atoms with Gasteiger partial charge in [-0.2, -0.15) is 13.2 Å². The van der Waals surface area contributed by atoms with Crippen molar-refractivity contribution in [1.29, 1.82) is 0 Å². The van der Waals surface area contributed by atoms with Crippen molar-refractivity contribution in [2.24, 2.45) is 5.92 Å². The highest BCUT2D eigenvalue weighted by Gasteiger charge is 2.44. The maximum absolute atomic E-state index is 13.4. The molecular formula is C16H28ClF3N4O2. The third kappa shape index (κ3) is 6.59. The van der Waals surface area contributed by atoms with Crippen LogP contribution in [0.2, 0.25) is 0 Å². The molecule has 0 spiro atoms. The zero-order chi connectivity index (χ0) is 18.4. The van der Waals surface area contributed by atoms with Crippen LogP contribution in [-0.4, -0.2) is 67.7 Å². The number of nitrogens with zero attached hydrogens (tertiary/aromatic N) is 1. The number of halogens is 4. The Morgan fingerprint density at radius 3 is 2.27 bits per heavy atom. The lowest BCUT2D eigenvalue weighted by Gasteiger charge is -2.36. The van der Waals surface area contributed by atoms with Crippen molar-refractivity contribution in [2.75, 3.05) is 32.7 Å². The van der Waals surface area contributed by atoms with Crippen molar-refractivity contribution < 1.29 is 22.8 Å². The van der Waals surface area contributed by atoms with E-state index < -0.39 is 30.7 Å². The fourth-order valence-corrected chi connectivity index (χ4v) is 3.66. The van der Waals surface area contributed by atoms with Gasteiger partial charge in [-0.1, -0.05) is 12.8 Å². The minimum absolute atomic E-state index is 0. The second-order valence-electron chi connectivity index (χ2n) is 6.81. The van der Waals surface area contributed by atoms with Gasteiger partial charge in [-0.25, -0.2) is 0 Å². The molecule has 2 unspecified atom stereocenters. The van der Waals surface area contributed by atoms with Gasteiger partial charge in [0.2, 0.25) is 11.8 Å². The number of hydrogen-bond acceptors (Lipinski definition) is 4. The molecule has 2 amide bonds. The monoisotopic (exact) mass is 400 g/mol. The summed E-state index contributed by atoms with van der Waals surface area (Å²) in [5.74, 6) is -0.875. The summed E-state index contributed by atoms with van der Waals surface area (Å²) in [4.78, 5) is 25.2. The predicted molar refractivity (Wildman–Crippen MR) is 94.1 cm³/mol. The minimum Gasteiger partial charge on any atom is -0.352 e. The Labute approximate surface area is 158 Å². The highest BCUT2D eigenvalue weighted by Crippen LogP contribution is 2.28. The Morgan fingerprint density at radius 1 is 1.19 bits per heavy atom. The topological polar surface area (TPSA) is 73.5 Å². The summed E-state index contributed by atoms with van der Waals surface area (Å²) in [5, 5.41) is 8.06. The summed E-state index contributed by atoms with van der Waals surface area (Å²) in [5.41, 5.74) is 0. The Balaban J connectivity index is 0.00000338. The molecule has 1 saturated carbocycles. The number of amides is 2. The molecule has 2 aliphatic rings. The van der Waals surface area contributed by atoms with Crippen molar-refractivity contribution in [2.45, 2.75) is 50.9 Å². The molecule has 1 saturated heterocycles. The summed E-state index contributed by atoms with van der Waals surface area (Å²) in [6.07, 6.45) is -0.862. The Hall–Kier alpha value is -1.06. The third-order valence-corrected chi connectivity index (χ3v) is 4.95. The van der Waals surface area contributed by atoms with Crippen molar-refractivity contribution >= 4 is 24.2 Å². The number of nitrogens with one attached hydrogen (secondary N) is 3. The van der Waals surface area contributed by atoms with Gasteiger partial charge in [0.05, 0.1) is 0 Å². The van der Waals surface area contributed by atoms with E-state index in [1.54, 1.807) is 0 Å². The number of alkyl halides is 3. The lowest BCUT2D eigenvalue weighted by molar-refractivity contribution is -0.184. The van der Waals surface area contributed by atoms with Gasteiger partial charge in [-0.15, -0.1) is 12.4 Å². The Kier molecular flexibility index (Phi) is 9.12. The minimum atomic E-state index is -4.42. The van der Waals surface area contributed by atoms with Crippen LogP contribution in [0.1, 0.15) is 32.6 Å². The van der Waals surface area contributed by atoms with Crippen LogP contribution in [0, 0.1) is 5.92 Å². The van der Waals surface area contributed by atoms with Crippen LogP contribution in [0.4, 0.5) is 13.2 Å². The van der Waals surface area contributed by atoms with Gasteiger partial charge >= 0.3 is 6.18 Å². The summed E-state index contributed by atoms with van der Waals surface area (Å²) >= 11 is 0. The van der Waals surface area contributed by atoms with Crippen LogP contribution in [0.15, 0.2) is 0 Å². The molecule has 6 nitrogen and oxygen atoms in total. The normalized spacial score (nSPS) is 21.5. The molecule has 3 N–H and O–H groups in total. The second kappa shape index (κ2) is 10.3. The zero-order valence-corrected chi connectivity index (χ0v) is 15.7. The predicted octanol–water partition coefficient (Wildman–Crippen LogP) is 1.06. The lowest BCUT2D eigenvalue weighted by Crippen LogP contribution is -2.59. The summed E-state index contributed by atoms with van der Waals surface area (Å²) in [6, 6.07) is -2.46. The van der Waals surface area contributed by atoms with E-state index in [4.69, 9.17) is 0 Å². The van der Waals surface area contributed by atoms with E-state index in [9.17, 15) is 22.8 Å². The van der Waals surface area contributed by atoms with Gasteiger partial charge in [0.1, 0.15) is 12.1 Å². The molecule has 2 atom stereocenters. The van der Waals surface area contributed by atoms with Gasteiger partial charge in [0.15, 0.2) is 0 Å². The van der Waals surface area contributed by atoms with Gasteiger partial charge in [0.25, 0.3) is 0 Å². The van der Waals surface area contributed by atoms with Crippen molar-refractivity contribution in [3.05, 3.63) is 0 Å². The molecule has 10 heteroatoms.